The normalized spacial score (nSPS) is 14.6. The van der Waals surface area contributed by atoms with Crippen LogP contribution in [0.25, 0.3) is 16.6 Å². The molecule has 1 fully saturated rings. The first-order chi connectivity index (χ1) is 14.0. The summed E-state index contributed by atoms with van der Waals surface area (Å²) in [7, 11) is 0. The molecule has 1 aliphatic rings. The van der Waals surface area contributed by atoms with Crippen molar-refractivity contribution in [2.24, 2.45) is 5.92 Å². The fourth-order valence-electron chi connectivity index (χ4n) is 3.15. The lowest BCUT2D eigenvalue weighted by Gasteiger charge is -2.14. The van der Waals surface area contributed by atoms with Crippen LogP contribution in [0.5, 0.6) is 11.5 Å². The first-order valence-corrected chi connectivity index (χ1v) is 9.90. The van der Waals surface area contributed by atoms with Crippen molar-refractivity contribution in [2.75, 3.05) is 18.9 Å². The van der Waals surface area contributed by atoms with Gasteiger partial charge in [-0.1, -0.05) is 0 Å². The molecule has 0 radical (unpaired) electrons. The van der Waals surface area contributed by atoms with E-state index in [1.165, 1.54) is 19.8 Å². The summed E-state index contributed by atoms with van der Waals surface area (Å²) in [5.41, 5.74) is 8.51. The average Bonchev–Trinajstić information content (AvgIpc) is 3.42. The van der Waals surface area contributed by atoms with Gasteiger partial charge in [0, 0.05) is 18.5 Å². The lowest BCUT2D eigenvalue weighted by Crippen LogP contribution is -2.35. The Morgan fingerprint density at radius 1 is 1.24 bits per heavy atom. The van der Waals surface area contributed by atoms with Crippen LogP contribution >= 0.6 is 0 Å². The van der Waals surface area contributed by atoms with E-state index in [4.69, 9.17) is 15.2 Å². The SMILES string of the molecule is CC(=O)N[C@@H](C)COc1ccc(-n2cc3ccc(OCC4CC4)c(N)c3n2)cc1. The van der Waals surface area contributed by atoms with Crippen molar-refractivity contribution in [1.29, 1.82) is 0 Å². The van der Waals surface area contributed by atoms with E-state index in [2.05, 4.69) is 10.4 Å². The number of carbonyl (C=O) groups excluding carboxylic acids is 1. The van der Waals surface area contributed by atoms with Gasteiger partial charge in [-0.2, -0.15) is 5.10 Å². The van der Waals surface area contributed by atoms with Crippen LogP contribution in [-0.2, 0) is 4.79 Å². The summed E-state index contributed by atoms with van der Waals surface area (Å²) in [6.07, 6.45) is 4.43. The zero-order chi connectivity index (χ0) is 20.4. The van der Waals surface area contributed by atoms with Crippen LogP contribution in [0.3, 0.4) is 0 Å². The molecule has 3 N–H and O–H groups in total. The Morgan fingerprint density at radius 2 is 2.00 bits per heavy atom. The molecule has 7 nitrogen and oxygen atoms in total. The third-order valence-corrected chi connectivity index (χ3v) is 4.90. The molecule has 152 valence electrons. The van der Waals surface area contributed by atoms with Gasteiger partial charge in [0.15, 0.2) is 0 Å². The molecular formula is C22H26N4O3. The number of anilines is 1. The number of ether oxygens (including phenoxy) is 2. The maximum Gasteiger partial charge on any atom is 0.217 e. The second-order valence-electron chi connectivity index (χ2n) is 7.65. The number of aromatic nitrogens is 2. The molecule has 0 aliphatic heterocycles. The van der Waals surface area contributed by atoms with Crippen LogP contribution < -0.4 is 20.5 Å². The van der Waals surface area contributed by atoms with Crippen LogP contribution in [0.2, 0.25) is 0 Å². The van der Waals surface area contributed by atoms with Crippen molar-refractivity contribution in [3.05, 3.63) is 42.6 Å². The van der Waals surface area contributed by atoms with Crippen LogP contribution in [0.15, 0.2) is 42.6 Å². The van der Waals surface area contributed by atoms with Crippen molar-refractivity contribution in [3.63, 3.8) is 0 Å². The molecular weight excluding hydrogens is 368 g/mol. The molecule has 1 amide bonds. The highest BCUT2D eigenvalue weighted by Gasteiger charge is 2.22. The van der Waals surface area contributed by atoms with Gasteiger partial charge >= 0.3 is 0 Å². The summed E-state index contributed by atoms with van der Waals surface area (Å²) >= 11 is 0. The molecule has 2 aromatic carbocycles. The lowest BCUT2D eigenvalue weighted by molar-refractivity contribution is -0.119. The Hall–Kier alpha value is -3.22. The molecule has 1 aromatic heterocycles. The van der Waals surface area contributed by atoms with E-state index < -0.39 is 0 Å². The summed E-state index contributed by atoms with van der Waals surface area (Å²) in [6.45, 7) is 4.52. The first-order valence-electron chi connectivity index (χ1n) is 9.90. The van der Waals surface area contributed by atoms with Crippen LogP contribution in [-0.4, -0.2) is 34.9 Å². The third-order valence-electron chi connectivity index (χ3n) is 4.90. The number of hydrogen-bond donors (Lipinski definition) is 2. The van der Waals surface area contributed by atoms with Crippen molar-refractivity contribution < 1.29 is 14.3 Å². The van der Waals surface area contributed by atoms with Crippen molar-refractivity contribution >= 4 is 22.5 Å². The maximum atomic E-state index is 11.1. The van der Waals surface area contributed by atoms with Crippen LogP contribution in [0.1, 0.15) is 26.7 Å². The Balaban J connectivity index is 1.46. The Kier molecular flexibility index (Phi) is 5.29. The summed E-state index contributed by atoms with van der Waals surface area (Å²) in [5, 5.41) is 8.40. The average molecular weight is 394 g/mol. The van der Waals surface area contributed by atoms with Crippen LogP contribution in [0.4, 0.5) is 5.69 Å². The highest BCUT2D eigenvalue weighted by Crippen LogP contribution is 2.34. The lowest BCUT2D eigenvalue weighted by atomic mass is 10.2. The number of hydrogen-bond acceptors (Lipinski definition) is 5. The van der Waals surface area contributed by atoms with E-state index in [1.54, 1.807) is 4.68 Å². The summed E-state index contributed by atoms with van der Waals surface area (Å²) in [6, 6.07) is 11.5. The molecule has 4 rings (SSSR count). The van der Waals surface area contributed by atoms with Crippen molar-refractivity contribution in [2.45, 2.75) is 32.7 Å². The van der Waals surface area contributed by atoms with Gasteiger partial charge in [-0.15, -0.1) is 0 Å². The summed E-state index contributed by atoms with van der Waals surface area (Å²) < 4.78 is 13.4. The molecule has 1 atom stereocenters. The molecule has 7 heteroatoms. The minimum absolute atomic E-state index is 0.0529. The number of nitrogens with two attached hydrogens (primary N) is 1. The highest BCUT2D eigenvalue weighted by molar-refractivity contribution is 5.92. The summed E-state index contributed by atoms with van der Waals surface area (Å²) in [5.74, 6) is 2.04. The molecule has 0 saturated heterocycles. The van der Waals surface area contributed by atoms with Crippen LogP contribution in [0, 0.1) is 5.92 Å². The standard InChI is InChI=1S/C22H26N4O3/c1-14(24-15(2)27)12-28-19-8-6-18(7-9-19)26-11-17-5-10-20(21(23)22(17)25-26)29-13-16-3-4-16/h5-11,14,16H,3-4,12-13,23H2,1-2H3,(H,24,27)/t14-/m0/s1. The zero-order valence-corrected chi connectivity index (χ0v) is 16.7. The van der Waals surface area contributed by atoms with E-state index in [-0.39, 0.29) is 11.9 Å². The van der Waals surface area contributed by atoms with E-state index in [1.807, 2.05) is 49.5 Å². The largest absolute Gasteiger partial charge is 0.491 e. The van der Waals surface area contributed by atoms with Gasteiger partial charge in [-0.25, -0.2) is 4.68 Å². The predicted octanol–water partition coefficient (Wildman–Crippen LogP) is 3.30. The van der Waals surface area contributed by atoms with Crippen molar-refractivity contribution in [3.8, 4) is 17.2 Å². The van der Waals surface area contributed by atoms with Gasteiger partial charge in [0.2, 0.25) is 5.91 Å². The molecule has 1 heterocycles. The predicted molar refractivity (Wildman–Crippen MR) is 112 cm³/mol. The van der Waals surface area contributed by atoms with Gasteiger partial charge in [0.25, 0.3) is 0 Å². The fourth-order valence-corrected chi connectivity index (χ4v) is 3.15. The molecule has 0 spiro atoms. The summed E-state index contributed by atoms with van der Waals surface area (Å²) in [4.78, 5) is 11.1. The Morgan fingerprint density at radius 3 is 2.69 bits per heavy atom. The smallest absolute Gasteiger partial charge is 0.217 e. The highest BCUT2D eigenvalue weighted by atomic mass is 16.5. The number of nitrogens with zero attached hydrogens (tertiary/aromatic N) is 2. The monoisotopic (exact) mass is 394 g/mol. The minimum atomic E-state index is -0.0671. The maximum absolute atomic E-state index is 11.1. The van der Waals surface area contributed by atoms with Crippen molar-refractivity contribution in [1.82, 2.24) is 15.1 Å². The number of fused-ring (bicyclic) bond motifs is 1. The number of nitrogens with one attached hydrogen (secondary N) is 1. The van der Waals surface area contributed by atoms with E-state index in [0.717, 1.165) is 28.9 Å². The molecule has 1 saturated carbocycles. The van der Waals surface area contributed by atoms with Gasteiger partial charge in [0.05, 0.1) is 18.3 Å². The number of carbonyl (C=O) groups is 1. The Labute approximate surface area is 169 Å². The zero-order valence-electron chi connectivity index (χ0n) is 16.7. The second kappa shape index (κ2) is 8.03. The van der Waals surface area contributed by atoms with E-state index in [0.29, 0.717) is 24.0 Å². The van der Waals surface area contributed by atoms with Gasteiger partial charge in [-0.05, 0) is 62.1 Å². The van der Waals surface area contributed by atoms with E-state index >= 15 is 0 Å². The Bertz CT molecular complexity index is 1010. The molecule has 1 aliphatic carbocycles. The fraction of sp³-hybridized carbons (Fsp3) is 0.364. The molecule has 0 bridgehead atoms. The molecule has 29 heavy (non-hydrogen) atoms. The quantitative estimate of drug-likeness (QED) is 0.572. The minimum Gasteiger partial charge on any atom is -0.491 e. The topological polar surface area (TPSA) is 91.4 Å². The third kappa shape index (κ3) is 4.62. The first kappa shape index (κ1) is 19.1. The molecule has 0 unspecified atom stereocenters. The second-order valence-corrected chi connectivity index (χ2v) is 7.65. The van der Waals surface area contributed by atoms with E-state index in [9.17, 15) is 4.79 Å². The number of amides is 1. The van der Waals surface area contributed by atoms with Gasteiger partial charge in [0.1, 0.15) is 29.3 Å². The molecule has 3 aromatic rings. The van der Waals surface area contributed by atoms with Gasteiger partial charge in [-0.3, -0.25) is 4.79 Å². The van der Waals surface area contributed by atoms with Gasteiger partial charge < -0.3 is 20.5 Å². The number of rotatable bonds is 8. The number of nitrogen functional groups attached to an aromatic ring is 1. The number of benzene rings is 2.